The van der Waals surface area contributed by atoms with Crippen LogP contribution in [-0.2, 0) is 16.1 Å². The second-order valence-electron chi connectivity index (χ2n) is 7.47. The third-order valence-electron chi connectivity index (χ3n) is 5.01. The fraction of sp³-hybridized carbons (Fsp3) is 0.381. The molecule has 0 aliphatic carbocycles. The normalized spacial score (nSPS) is 18.2. The summed E-state index contributed by atoms with van der Waals surface area (Å²) in [4.78, 5) is 43.0. The molecule has 0 radical (unpaired) electrons. The van der Waals surface area contributed by atoms with Crippen LogP contribution in [0.4, 0.5) is 5.69 Å². The molecule has 1 aromatic heterocycles. The van der Waals surface area contributed by atoms with E-state index in [1.54, 1.807) is 37.3 Å². The van der Waals surface area contributed by atoms with Crippen LogP contribution >= 0.6 is 11.8 Å². The molecule has 0 saturated carbocycles. The minimum Gasteiger partial charge on any atom is -0.361 e. The number of carbonyl (C=O) groups excluding carboxylic acids is 3. The molecule has 2 aliphatic heterocycles. The van der Waals surface area contributed by atoms with Gasteiger partial charge in [-0.05, 0) is 44.0 Å². The Balaban J connectivity index is 1.25. The Bertz CT molecular complexity index is 1010. The average molecular weight is 442 g/mol. The van der Waals surface area contributed by atoms with Gasteiger partial charge in [0.1, 0.15) is 16.7 Å². The first kappa shape index (κ1) is 21.1. The first-order valence-corrected chi connectivity index (χ1v) is 11.0. The number of likely N-dealkylation sites (tertiary alicyclic amines) is 1. The molecule has 1 unspecified atom stereocenters. The second kappa shape index (κ2) is 9.34. The number of carbonyl (C=O) groups is 3. The van der Waals surface area contributed by atoms with Crippen molar-refractivity contribution in [3.05, 3.63) is 47.3 Å². The van der Waals surface area contributed by atoms with Crippen LogP contribution in [0.3, 0.4) is 0 Å². The molecule has 1 aromatic carbocycles. The highest BCUT2D eigenvalue weighted by Gasteiger charge is 2.33. The van der Waals surface area contributed by atoms with Gasteiger partial charge in [0, 0.05) is 36.8 Å². The predicted molar refractivity (Wildman–Crippen MR) is 117 cm³/mol. The van der Waals surface area contributed by atoms with E-state index in [4.69, 9.17) is 4.52 Å². The number of thioether (sulfide) groups is 1. The van der Waals surface area contributed by atoms with E-state index in [0.717, 1.165) is 31.1 Å². The zero-order valence-corrected chi connectivity index (χ0v) is 17.9. The molecule has 3 amide bonds. The summed E-state index contributed by atoms with van der Waals surface area (Å²) in [5, 5.41) is 9.62. The van der Waals surface area contributed by atoms with E-state index in [9.17, 15) is 14.4 Å². The molecule has 1 saturated heterocycles. The zero-order valence-electron chi connectivity index (χ0n) is 17.1. The minimum atomic E-state index is -0.485. The average Bonchev–Trinajstić information content (AvgIpc) is 3.49. The Morgan fingerprint density at radius 3 is 2.65 bits per heavy atom. The van der Waals surface area contributed by atoms with Crippen LogP contribution in [-0.4, -0.2) is 51.3 Å². The summed E-state index contributed by atoms with van der Waals surface area (Å²) in [6, 6.07) is 8.32. The van der Waals surface area contributed by atoms with E-state index >= 15 is 0 Å². The van der Waals surface area contributed by atoms with Gasteiger partial charge in [0.2, 0.25) is 5.91 Å². The maximum atomic E-state index is 12.4. The van der Waals surface area contributed by atoms with E-state index in [1.807, 2.05) is 0 Å². The number of hydrogen-bond acceptors (Lipinski definition) is 7. The Morgan fingerprint density at radius 1 is 1.23 bits per heavy atom. The molecule has 9 nitrogen and oxygen atoms in total. The maximum Gasteiger partial charge on any atom is 0.262 e. The fourth-order valence-electron chi connectivity index (χ4n) is 3.41. The van der Waals surface area contributed by atoms with Crippen molar-refractivity contribution in [2.45, 2.75) is 38.0 Å². The van der Waals surface area contributed by atoms with Crippen molar-refractivity contribution in [1.29, 1.82) is 0 Å². The summed E-state index contributed by atoms with van der Waals surface area (Å²) >= 11 is 1.37. The van der Waals surface area contributed by atoms with E-state index in [1.165, 1.54) is 11.8 Å². The molecular formula is C21H23N5O4S. The topological polar surface area (TPSA) is 117 Å². The van der Waals surface area contributed by atoms with E-state index in [2.05, 4.69) is 25.7 Å². The molecule has 2 N–H and O–H groups in total. The molecular weight excluding hydrogens is 418 g/mol. The highest BCUT2D eigenvalue weighted by molar-refractivity contribution is 8.15. The molecule has 3 heterocycles. The summed E-state index contributed by atoms with van der Waals surface area (Å²) in [6.07, 6.45) is 2.27. The van der Waals surface area contributed by atoms with Gasteiger partial charge in [0.25, 0.3) is 11.8 Å². The van der Waals surface area contributed by atoms with Crippen molar-refractivity contribution < 1.29 is 18.9 Å². The fourth-order valence-corrected chi connectivity index (χ4v) is 4.53. The standard InChI is InChI=1S/C21H23N5O4S/c1-13-10-16(25-30-13)12-22-19(28)14-4-6-15(7-5-14)23-18(27)11-17-20(29)24-21(31-17)26-8-2-3-9-26/h4-7,10,17H,2-3,8-9,11-12H2,1H3,(H,22,28)(H,23,27). The first-order valence-electron chi connectivity index (χ1n) is 10.1. The number of aliphatic imine (C=N–C) groups is 1. The first-order chi connectivity index (χ1) is 15.0. The van der Waals surface area contributed by atoms with E-state index in [0.29, 0.717) is 22.7 Å². The Hall–Kier alpha value is -3.14. The van der Waals surface area contributed by atoms with Gasteiger partial charge in [-0.15, -0.1) is 0 Å². The number of amidine groups is 1. The van der Waals surface area contributed by atoms with Crippen LogP contribution in [0.1, 0.15) is 41.1 Å². The third kappa shape index (κ3) is 5.32. The molecule has 1 fully saturated rings. The SMILES string of the molecule is Cc1cc(CNC(=O)c2ccc(NC(=O)CC3SC(N4CCCC4)=NC3=O)cc2)no1. The Labute approximate surface area is 183 Å². The largest absolute Gasteiger partial charge is 0.361 e. The number of aryl methyl sites for hydroxylation is 1. The summed E-state index contributed by atoms with van der Waals surface area (Å²) in [6.45, 7) is 3.88. The van der Waals surface area contributed by atoms with Gasteiger partial charge >= 0.3 is 0 Å². The number of nitrogens with zero attached hydrogens (tertiary/aromatic N) is 3. The van der Waals surface area contributed by atoms with Crippen LogP contribution in [0.2, 0.25) is 0 Å². The monoisotopic (exact) mass is 441 g/mol. The summed E-state index contributed by atoms with van der Waals surface area (Å²) in [7, 11) is 0. The Kier molecular flexibility index (Phi) is 6.36. The van der Waals surface area contributed by atoms with E-state index < -0.39 is 5.25 Å². The molecule has 2 aliphatic rings. The van der Waals surface area contributed by atoms with Crippen molar-refractivity contribution in [2.24, 2.45) is 4.99 Å². The molecule has 4 rings (SSSR count). The van der Waals surface area contributed by atoms with Crippen molar-refractivity contribution in [2.75, 3.05) is 18.4 Å². The molecule has 0 spiro atoms. The Morgan fingerprint density at radius 2 is 1.97 bits per heavy atom. The number of anilines is 1. The molecule has 162 valence electrons. The number of benzene rings is 1. The number of hydrogen-bond donors (Lipinski definition) is 2. The van der Waals surface area contributed by atoms with Crippen molar-refractivity contribution >= 4 is 40.3 Å². The van der Waals surface area contributed by atoms with Gasteiger partial charge in [0.05, 0.1) is 6.54 Å². The van der Waals surface area contributed by atoms with Crippen LogP contribution in [0, 0.1) is 6.92 Å². The summed E-state index contributed by atoms with van der Waals surface area (Å²) < 4.78 is 4.97. The molecule has 0 bridgehead atoms. The maximum absolute atomic E-state index is 12.4. The van der Waals surface area contributed by atoms with Gasteiger partial charge in [-0.25, -0.2) is 0 Å². The zero-order chi connectivity index (χ0) is 21.8. The second-order valence-corrected chi connectivity index (χ2v) is 8.64. The summed E-state index contributed by atoms with van der Waals surface area (Å²) in [5.41, 5.74) is 1.67. The number of nitrogens with one attached hydrogen (secondary N) is 2. The van der Waals surface area contributed by atoms with Crippen LogP contribution in [0.5, 0.6) is 0 Å². The van der Waals surface area contributed by atoms with Crippen molar-refractivity contribution in [3.8, 4) is 0 Å². The van der Waals surface area contributed by atoms with Crippen LogP contribution < -0.4 is 10.6 Å². The lowest BCUT2D eigenvalue weighted by Gasteiger charge is -2.16. The smallest absolute Gasteiger partial charge is 0.262 e. The van der Waals surface area contributed by atoms with Gasteiger partial charge in [-0.1, -0.05) is 16.9 Å². The van der Waals surface area contributed by atoms with Gasteiger partial charge in [-0.2, -0.15) is 4.99 Å². The molecule has 1 atom stereocenters. The lowest BCUT2D eigenvalue weighted by molar-refractivity contribution is -0.121. The summed E-state index contributed by atoms with van der Waals surface area (Å²) in [5.74, 6) is -0.0855. The van der Waals surface area contributed by atoms with Crippen molar-refractivity contribution in [1.82, 2.24) is 15.4 Å². The molecule has 2 aromatic rings. The number of amides is 3. The van der Waals surface area contributed by atoms with E-state index in [-0.39, 0.29) is 30.7 Å². The predicted octanol–water partition coefficient (Wildman–Crippen LogP) is 2.34. The molecule has 31 heavy (non-hydrogen) atoms. The third-order valence-corrected chi connectivity index (χ3v) is 6.23. The number of aromatic nitrogens is 1. The quantitative estimate of drug-likeness (QED) is 0.707. The van der Waals surface area contributed by atoms with Crippen LogP contribution in [0.25, 0.3) is 0 Å². The highest BCUT2D eigenvalue weighted by Crippen LogP contribution is 2.29. The molecule has 10 heteroatoms. The van der Waals surface area contributed by atoms with Gasteiger partial charge < -0.3 is 20.1 Å². The minimum absolute atomic E-state index is 0.0592. The highest BCUT2D eigenvalue weighted by atomic mass is 32.2. The van der Waals surface area contributed by atoms with Gasteiger partial charge in [0.15, 0.2) is 5.17 Å². The van der Waals surface area contributed by atoms with Crippen LogP contribution in [0.15, 0.2) is 39.8 Å². The number of rotatable bonds is 6. The van der Waals surface area contributed by atoms with Crippen molar-refractivity contribution in [3.63, 3.8) is 0 Å². The lowest BCUT2D eigenvalue weighted by atomic mass is 10.2. The lowest BCUT2D eigenvalue weighted by Crippen LogP contribution is -2.25. The van der Waals surface area contributed by atoms with Gasteiger partial charge in [-0.3, -0.25) is 14.4 Å².